The number of nitrogens with zero attached hydrogens (tertiary/aromatic N) is 4. The van der Waals surface area contributed by atoms with Crippen molar-refractivity contribution in [2.45, 2.75) is 0 Å². The van der Waals surface area contributed by atoms with Crippen molar-refractivity contribution in [3.63, 3.8) is 0 Å². The van der Waals surface area contributed by atoms with Crippen molar-refractivity contribution < 1.29 is 0 Å². The Bertz CT molecular complexity index is 3640. The van der Waals surface area contributed by atoms with Crippen LogP contribution in [0.3, 0.4) is 0 Å². The Morgan fingerprint density at radius 2 is 0.806 bits per heavy atom. The first-order chi connectivity index (χ1) is 30.7. The summed E-state index contributed by atoms with van der Waals surface area (Å²) in [5.41, 5.74) is 8.58. The van der Waals surface area contributed by atoms with E-state index in [2.05, 4.69) is 205 Å². The molecule has 0 aliphatic rings. The van der Waals surface area contributed by atoms with Crippen molar-refractivity contribution in [2.24, 2.45) is 0 Å². The highest BCUT2D eigenvalue weighted by atomic mass is 32.1. The van der Waals surface area contributed by atoms with E-state index >= 15 is 0 Å². The minimum Gasteiger partial charge on any atom is -0.310 e. The van der Waals surface area contributed by atoms with E-state index in [9.17, 15) is 0 Å². The van der Waals surface area contributed by atoms with Gasteiger partial charge in [-0.05, 0) is 80.5 Å². The molecule has 2 heterocycles. The molecule has 0 fully saturated rings. The van der Waals surface area contributed by atoms with Gasteiger partial charge in [-0.1, -0.05) is 176 Å². The molecule has 12 aromatic rings. The molecular weight excluding hydrogens is 773 g/mol. The van der Waals surface area contributed by atoms with Gasteiger partial charge in [0.25, 0.3) is 0 Å². The maximum Gasteiger partial charge on any atom is 0.164 e. The summed E-state index contributed by atoms with van der Waals surface area (Å²) in [5.74, 6) is 1.95. The molecular formula is C57H36N4S. The maximum atomic E-state index is 5.14. The second-order valence-corrected chi connectivity index (χ2v) is 16.7. The van der Waals surface area contributed by atoms with Crippen molar-refractivity contribution in [2.75, 3.05) is 4.90 Å². The summed E-state index contributed by atoms with van der Waals surface area (Å²) in [4.78, 5) is 17.7. The van der Waals surface area contributed by atoms with Crippen LogP contribution in [0.25, 0.3) is 97.8 Å². The average Bonchev–Trinajstić information content (AvgIpc) is 3.72. The van der Waals surface area contributed by atoms with Crippen molar-refractivity contribution in [1.29, 1.82) is 0 Å². The molecule has 0 unspecified atom stereocenters. The van der Waals surface area contributed by atoms with E-state index in [1.807, 2.05) is 29.5 Å². The molecule has 0 spiro atoms. The van der Waals surface area contributed by atoms with Crippen LogP contribution in [0.2, 0.25) is 0 Å². The van der Waals surface area contributed by atoms with Crippen LogP contribution in [-0.2, 0) is 0 Å². The summed E-state index contributed by atoms with van der Waals surface area (Å²) in [7, 11) is 0. The smallest absolute Gasteiger partial charge is 0.164 e. The first-order valence-electron chi connectivity index (χ1n) is 20.8. The molecule has 0 N–H and O–H groups in total. The van der Waals surface area contributed by atoms with Gasteiger partial charge in [-0.3, -0.25) is 0 Å². The molecule has 0 amide bonds. The van der Waals surface area contributed by atoms with E-state index in [0.717, 1.165) is 39.1 Å². The summed E-state index contributed by atoms with van der Waals surface area (Å²) >= 11 is 1.81. The van der Waals surface area contributed by atoms with Gasteiger partial charge in [-0.25, -0.2) is 15.0 Å². The Balaban J connectivity index is 1.03. The molecule has 0 aliphatic heterocycles. The predicted molar refractivity (Wildman–Crippen MR) is 262 cm³/mol. The zero-order valence-corrected chi connectivity index (χ0v) is 34.3. The minimum atomic E-state index is 0.647. The highest BCUT2D eigenvalue weighted by Crippen LogP contribution is 2.47. The van der Waals surface area contributed by atoms with E-state index in [4.69, 9.17) is 15.0 Å². The van der Waals surface area contributed by atoms with Crippen LogP contribution in [-0.4, -0.2) is 15.0 Å². The molecule has 4 nitrogen and oxygen atoms in total. The Morgan fingerprint density at radius 1 is 0.306 bits per heavy atom. The lowest BCUT2D eigenvalue weighted by Gasteiger charge is -2.27. The zero-order chi connectivity index (χ0) is 41.0. The van der Waals surface area contributed by atoms with Gasteiger partial charge in [-0.15, -0.1) is 11.3 Å². The van der Waals surface area contributed by atoms with Crippen LogP contribution >= 0.6 is 11.3 Å². The first-order valence-corrected chi connectivity index (χ1v) is 21.7. The van der Waals surface area contributed by atoms with E-state index in [1.165, 1.54) is 58.2 Å². The van der Waals surface area contributed by atoms with Crippen LogP contribution in [0.4, 0.5) is 17.1 Å². The van der Waals surface area contributed by atoms with Crippen LogP contribution in [0.5, 0.6) is 0 Å². The zero-order valence-electron chi connectivity index (χ0n) is 33.5. The van der Waals surface area contributed by atoms with Crippen molar-refractivity contribution in [3.8, 4) is 45.3 Å². The number of rotatable bonds is 7. The number of anilines is 3. The summed E-state index contributed by atoms with van der Waals surface area (Å²) in [6.07, 6.45) is 0. The summed E-state index contributed by atoms with van der Waals surface area (Å²) in [6.45, 7) is 0. The predicted octanol–water partition coefficient (Wildman–Crippen LogP) is 15.8. The minimum absolute atomic E-state index is 0.647. The fourth-order valence-electron chi connectivity index (χ4n) is 8.80. The molecule has 0 atom stereocenters. The molecule has 62 heavy (non-hydrogen) atoms. The fraction of sp³-hybridized carbons (Fsp3) is 0. The van der Waals surface area contributed by atoms with Gasteiger partial charge in [0.05, 0.1) is 5.69 Å². The molecule has 2 aromatic heterocycles. The number of hydrogen-bond donors (Lipinski definition) is 0. The number of fused-ring (bicyclic) bond motifs is 7. The standard InChI is InChI=1S/C57H36N4S/c1-3-13-37(14-4-1)40-25-29-46(30-26-40)61(47-31-27-39-16-8-10-20-43(39)34-47)51-36-53-54(49-22-12-11-21-48(49)51)50-32-28-45(35-52(50)62-53)57-59-55(41-17-5-2-6-18-41)58-56(60-57)44-24-23-38-15-7-9-19-42(38)33-44/h1-36H. The Hall–Kier alpha value is -7.99. The normalized spacial score (nSPS) is 11.5. The van der Waals surface area contributed by atoms with E-state index in [1.54, 1.807) is 0 Å². The quantitative estimate of drug-likeness (QED) is 0.161. The largest absolute Gasteiger partial charge is 0.310 e. The molecule has 10 aromatic carbocycles. The third-order valence-electron chi connectivity index (χ3n) is 11.9. The van der Waals surface area contributed by atoms with Crippen molar-refractivity contribution in [1.82, 2.24) is 15.0 Å². The Labute approximate surface area is 362 Å². The summed E-state index contributed by atoms with van der Waals surface area (Å²) in [6, 6.07) is 77.8. The topological polar surface area (TPSA) is 41.9 Å². The summed E-state index contributed by atoms with van der Waals surface area (Å²) < 4.78 is 2.40. The maximum absolute atomic E-state index is 5.14. The lowest BCUT2D eigenvalue weighted by atomic mass is 9.99. The van der Waals surface area contributed by atoms with Crippen molar-refractivity contribution in [3.05, 3.63) is 218 Å². The fourth-order valence-corrected chi connectivity index (χ4v) is 10.00. The highest BCUT2D eigenvalue weighted by Gasteiger charge is 2.21. The van der Waals surface area contributed by atoms with Gasteiger partial charge in [0, 0.05) is 53.6 Å². The molecule has 12 rings (SSSR count). The van der Waals surface area contributed by atoms with Gasteiger partial charge in [0.15, 0.2) is 17.5 Å². The van der Waals surface area contributed by atoms with E-state index in [-0.39, 0.29) is 0 Å². The van der Waals surface area contributed by atoms with Crippen LogP contribution in [0.15, 0.2) is 218 Å². The molecule has 0 radical (unpaired) electrons. The Morgan fingerprint density at radius 3 is 1.52 bits per heavy atom. The number of thiophene rings is 1. The monoisotopic (exact) mass is 808 g/mol. The van der Waals surface area contributed by atoms with Crippen molar-refractivity contribution >= 4 is 80.9 Å². The van der Waals surface area contributed by atoms with Gasteiger partial charge >= 0.3 is 0 Å². The van der Waals surface area contributed by atoms with E-state index in [0.29, 0.717) is 17.5 Å². The first kappa shape index (κ1) is 35.9. The van der Waals surface area contributed by atoms with E-state index < -0.39 is 0 Å². The Kier molecular flexibility index (Phi) is 8.65. The molecule has 0 saturated carbocycles. The second-order valence-electron chi connectivity index (χ2n) is 15.6. The van der Waals surface area contributed by atoms with Gasteiger partial charge in [0.2, 0.25) is 0 Å². The molecule has 0 aliphatic carbocycles. The summed E-state index contributed by atoms with van der Waals surface area (Å²) in [5, 5.41) is 9.63. The molecule has 0 bridgehead atoms. The van der Waals surface area contributed by atoms with Gasteiger partial charge in [0.1, 0.15) is 0 Å². The van der Waals surface area contributed by atoms with Gasteiger partial charge in [-0.2, -0.15) is 0 Å². The number of benzene rings is 10. The lowest BCUT2D eigenvalue weighted by Crippen LogP contribution is -2.10. The lowest BCUT2D eigenvalue weighted by molar-refractivity contribution is 1.08. The number of hydrogen-bond acceptors (Lipinski definition) is 5. The number of aromatic nitrogens is 3. The van der Waals surface area contributed by atoms with Gasteiger partial charge < -0.3 is 4.90 Å². The molecule has 0 saturated heterocycles. The third-order valence-corrected chi connectivity index (χ3v) is 13.0. The average molecular weight is 809 g/mol. The second kappa shape index (κ2) is 14.9. The molecule has 290 valence electrons. The highest BCUT2D eigenvalue weighted by molar-refractivity contribution is 7.26. The third kappa shape index (κ3) is 6.35. The van der Waals surface area contributed by atoms with Crippen LogP contribution in [0.1, 0.15) is 0 Å². The van der Waals surface area contributed by atoms with Crippen LogP contribution in [0, 0.1) is 0 Å². The van der Waals surface area contributed by atoms with Crippen LogP contribution < -0.4 is 4.90 Å². The SMILES string of the molecule is c1ccc(-c2ccc(N(c3ccc4ccccc4c3)c3cc4sc5cc(-c6nc(-c7ccccc7)nc(-c7ccc8ccccc8c7)n6)ccc5c4c4ccccc34)cc2)cc1. The molecule has 5 heteroatoms.